The van der Waals surface area contributed by atoms with Crippen molar-refractivity contribution < 1.29 is 9.59 Å². The zero-order valence-electron chi connectivity index (χ0n) is 16.2. The molecule has 2 fully saturated rings. The molecule has 148 valence electrons. The van der Waals surface area contributed by atoms with Crippen LogP contribution in [0.15, 0.2) is 18.3 Å². The normalized spacial score (nSPS) is 20.6. The first-order chi connectivity index (χ1) is 13.5. The van der Waals surface area contributed by atoms with Crippen molar-refractivity contribution in [3.05, 3.63) is 40.2 Å². The second kappa shape index (κ2) is 7.92. The number of aromatic nitrogens is 3. The van der Waals surface area contributed by atoms with E-state index in [0.29, 0.717) is 22.7 Å². The van der Waals surface area contributed by atoms with E-state index in [1.165, 1.54) is 0 Å². The fraction of sp³-hybridized carbons (Fsp3) is 0.526. The molecular weight excluding hydrogens is 376 g/mol. The van der Waals surface area contributed by atoms with Gasteiger partial charge in [-0.05, 0) is 50.5 Å². The van der Waals surface area contributed by atoms with E-state index in [4.69, 9.17) is 0 Å². The number of likely N-dealkylation sites (tertiary alicyclic amines) is 1. The lowest BCUT2D eigenvalue weighted by Gasteiger charge is -2.32. The molecule has 0 bridgehead atoms. The first-order valence-electron chi connectivity index (χ1n) is 9.58. The van der Waals surface area contributed by atoms with E-state index in [1.807, 2.05) is 21.9 Å². The molecule has 0 spiro atoms. The lowest BCUT2D eigenvalue weighted by Crippen LogP contribution is -2.47. The molecule has 4 heterocycles. The zero-order valence-corrected chi connectivity index (χ0v) is 17.0. The van der Waals surface area contributed by atoms with E-state index < -0.39 is 0 Å². The third-order valence-corrected chi connectivity index (χ3v) is 6.34. The van der Waals surface area contributed by atoms with Crippen LogP contribution in [0.1, 0.15) is 50.3 Å². The van der Waals surface area contributed by atoms with Crippen LogP contribution in [-0.4, -0.2) is 80.9 Å². The van der Waals surface area contributed by atoms with Gasteiger partial charge in [0.15, 0.2) is 0 Å². The second-order valence-electron chi connectivity index (χ2n) is 7.41. The fourth-order valence-electron chi connectivity index (χ4n) is 3.80. The van der Waals surface area contributed by atoms with Crippen molar-refractivity contribution in [3.63, 3.8) is 0 Å². The molecule has 0 radical (unpaired) electrons. The zero-order chi connectivity index (χ0) is 19.7. The molecule has 2 amide bonds. The lowest BCUT2D eigenvalue weighted by molar-refractivity contribution is 0.0662. The largest absolute Gasteiger partial charge is 0.336 e. The number of hydrogen-bond acceptors (Lipinski definition) is 7. The summed E-state index contributed by atoms with van der Waals surface area (Å²) in [5.41, 5.74) is 2.10. The summed E-state index contributed by atoms with van der Waals surface area (Å²) in [6.45, 7) is 5.77. The Bertz CT molecular complexity index is 860. The summed E-state index contributed by atoms with van der Waals surface area (Å²) in [6, 6.07) is 3.66. The standard InChI is InChI=1S/C19H24N6O2S/c1-13-17(28-22-21-13)19(27)25-7-3-4-16(25)15-6-5-14(12-20-15)18(26)24-10-8-23(2)9-11-24/h5-6,12,16H,3-4,7-11H2,1-2H3. The van der Waals surface area contributed by atoms with E-state index >= 15 is 0 Å². The van der Waals surface area contributed by atoms with Crippen LogP contribution in [0.5, 0.6) is 0 Å². The van der Waals surface area contributed by atoms with Gasteiger partial charge in [0.05, 0.1) is 23.0 Å². The van der Waals surface area contributed by atoms with Crippen LogP contribution in [0.4, 0.5) is 0 Å². The van der Waals surface area contributed by atoms with Gasteiger partial charge in [-0.1, -0.05) is 4.49 Å². The molecule has 0 saturated carbocycles. The number of pyridine rings is 1. The van der Waals surface area contributed by atoms with Crippen LogP contribution in [0.3, 0.4) is 0 Å². The molecule has 8 nitrogen and oxygen atoms in total. The number of nitrogens with zero attached hydrogens (tertiary/aromatic N) is 6. The Balaban J connectivity index is 1.48. The summed E-state index contributed by atoms with van der Waals surface area (Å²) in [6.07, 6.45) is 3.46. The van der Waals surface area contributed by atoms with E-state index in [2.05, 4.69) is 26.5 Å². The van der Waals surface area contributed by atoms with Gasteiger partial charge in [-0.15, -0.1) is 5.10 Å². The highest BCUT2D eigenvalue weighted by molar-refractivity contribution is 7.07. The molecule has 1 atom stereocenters. The van der Waals surface area contributed by atoms with Gasteiger partial charge in [-0.3, -0.25) is 14.6 Å². The Morgan fingerprint density at radius 1 is 1.11 bits per heavy atom. The van der Waals surface area contributed by atoms with Crippen LogP contribution in [-0.2, 0) is 0 Å². The Labute approximate surface area is 168 Å². The molecule has 28 heavy (non-hydrogen) atoms. The fourth-order valence-corrected chi connectivity index (χ4v) is 4.41. The van der Waals surface area contributed by atoms with Gasteiger partial charge in [-0.2, -0.15) is 0 Å². The molecular formula is C19H24N6O2S. The molecule has 2 aliphatic heterocycles. The minimum Gasteiger partial charge on any atom is -0.336 e. The van der Waals surface area contributed by atoms with E-state index in [9.17, 15) is 9.59 Å². The number of likely N-dealkylation sites (N-methyl/N-ethyl adjacent to an activating group) is 1. The van der Waals surface area contributed by atoms with Crippen molar-refractivity contribution in [1.82, 2.24) is 29.3 Å². The van der Waals surface area contributed by atoms with Gasteiger partial charge in [0.25, 0.3) is 11.8 Å². The lowest BCUT2D eigenvalue weighted by atomic mass is 10.1. The molecule has 2 saturated heterocycles. The number of amides is 2. The van der Waals surface area contributed by atoms with Gasteiger partial charge in [-0.25, -0.2) is 0 Å². The van der Waals surface area contributed by atoms with Crippen LogP contribution >= 0.6 is 11.5 Å². The molecule has 9 heteroatoms. The number of aryl methyl sites for hydroxylation is 1. The molecule has 0 aliphatic carbocycles. The topological polar surface area (TPSA) is 82.5 Å². The maximum atomic E-state index is 12.9. The maximum Gasteiger partial charge on any atom is 0.268 e. The van der Waals surface area contributed by atoms with Gasteiger partial charge in [0.1, 0.15) is 4.88 Å². The van der Waals surface area contributed by atoms with Crippen molar-refractivity contribution in [3.8, 4) is 0 Å². The minimum atomic E-state index is -0.0678. The van der Waals surface area contributed by atoms with E-state index in [0.717, 1.165) is 56.2 Å². The summed E-state index contributed by atoms with van der Waals surface area (Å²) < 4.78 is 3.88. The predicted octanol–water partition coefficient (Wildman–Crippen LogP) is 1.61. The summed E-state index contributed by atoms with van der Waals surface area (Å²) in [7, 11) is 2.07. The van der Waals surface area contributed by atoms with Crippen molar-refractivity contribution in [1.29, 1.82) is 0 Å². The van der Waals surface area contributed by atoms with Crippen LogP contribution in [0.25, 0.3) is 0 Å². The third kappa shape index (κ3) is 3.64. The number of piperazine rings is 1. The predicted molar refractivity (Wildman–Crippen MR) is 105 cm³/mol. The number of carbonyl (C=O) groups is 2. The van der Waals surface area contributed by atoms with Gasteiger partial charge < -0.3 is 14.7 Å². The number of hydrogen-bond donors (Lipinski definition) is 0. The summed E-state index contributed by atoms with van der Waals surface area (Å²) >= 11 is 1.14. The Hall–Kier alpha value is -2.39. The van der Waals surface area contributed by atoms with Crippen molar-refractivity contribution >= 4 is 23.3 Å². The average Bonchev–Trinajstić information content (AvgIpc) is 3.37. The third-order valence-electron chi connectivity index (χ3n) is 5.52. The molecule has 1 unspecified atom stereocenters. The SMILES string of the molecule is Cc1nnsc1C(=O)N1CCCC1c1ccc(C(=O)N2CCN(C)CC2)cn1. The molecule has 2 aromatic rings. The molecule has 2 aliphatic rings. The quantitative estimate of drug-likeness (QED) is 0.778. The van der Waals surface area contributed by atoms with Crippen LogP contribution < -0.4 is 0 Å². The van der Waals surface area contributed by atoms with Crippen LogP contribution in [0.2, 0.25) is 0 Å². The Kier molecular flexibility index (Phi) is 5.36. The number of rotatable bonds is 3. The van der Waals surface area contributed by atoms with Gasteiger partial charge >= 0.3 is 0 Å². The first kappa shape index (κ1) is 18.9. The highest BCUT2D eigenvalue weighted by Gasteiger charge is 2.33. The molecule has 2 aromatic heterocycles. The smallest absolute Gasteiger partial charge is 0.268 e. The monoisotopic (exact) mass is 400 g/mol. The van der Waals surface area contributed by atoms with E-state index in [1.54, 1.807) is 13.1 Å². The molecule has 4 rings (SSSR count). The highest BCUT2D eigenvalue weighted by Crippen LogP contribution is 2.33. The second-order valence-corrected chi connectivity index (χ2v) is 8.17. The van der Waals surface area contributed by atoms with Crippen molar-refractivity contribution in [2.24, 2.45) is 0 Å². The van der Waals surface area contributed by atoms with Crippen molar-refractivity contribution in [2.75, 3.05) is 39.8 Å². The summed E-state index contributed by atoms with van der Waals surface area (Å²) in [4.78, 5) is 36.7. The summed E-state index contributed by atoms with van der Waals surface area (Å²) in [5, 5.41) is 3.95. The van der Waals surface area contributed by atoms with E-state index in [-0.39, 0.29) is 17.9 Å². The Morgan fingerprint density at radius 3 is 2.54 bits per heavy atom. The first-order valence-corrected chi connectivity index (χ1v) is 10.4. The maximum absolute atomic E-state index is 12.9. The van der Waals surface area contributed by atoms with Gasteiger partial charge in [0.2, 0.25) is 0 Å². The van der Waals surface area contributed by atoms with Crippen molar-refractivity contribution in [2.45, 2.75) is 25.8 Å². The average molecular weight is 401 g/mol. The molecule has 0 N–H and O–H groups in total. The minimum absolute atomic E-state index is 0.0258. The Morgan fingerprint density at radius 2 is 1.89 bits per heavy atom. The number of carbonyl (C=O) groups excluding carboxylic acids is 2. The highest BCUT2D eigenvalue weighted by atomic mass is 32.1. The van der Waals surface area contributed by atoms with Crippen LogP contribution in [0, 0.1) is 6.92 Å². The van der Waals surface area contributed by atoms with Gasteiger partial charge in [0, 0.05) is 38.9 Å². The summed E-state index contributed by atoms with van der Waals surface area (Å²) in [5.74, 6) is -0.00717. The molecule has 0 aromatic carbocycles.